The van der Waals surface area contributed by atoms with Gasteiger partial charge in [0.25, 0.3) is 0 Å². The number of hydrogen-bond donors (Lipinski definition) is 0. The maximum absolute atomic E-state index is 5.20. The third kappa shape index (κ3) is 1.69. The first-order chi connectivity index (χ1) is 8.75. The van der Waals surface area contributed by atoms with Crippen LogP contribution in [0.2, 0.25) is 0 Å². The van der Waals surface area contributed by atoms with Crippen molar-refractivity contribution in [2.45, 2.75) is 13.8 Å². The summed E-state index contributed by atoms with van der Waals surface area (Å²) in [7, 11) is 0. The summed E-state index contributed by atoms with van der Waals surface area (Å²) in [6, 6.07) is 8.04. The fourth-order valence-corrected chi connectivity index (χ4v) is 2.04. The highest BCUT2D eigenvalue weighted by atomic mass is 16.5. The molecule has 0 aliphatic rings. The molecule has 5 heteroatoms. The normalized spacial score (nSPS) is 10.8. The maximum atomic E-state index is 5.20. The van der Waals surface area contributed by atoms with Gasteiger partial charge in [-0.3, -0.25) is 0 Å². The minimum absolute atomic E-state index is 0.822. The zero-order chi connectivity index (χ0) is 12.5. The Labute approximate surface area is 104 Å². The lowest BCUT2D eigenvalue weighted by Gasteiger charge is -2.04. The molecule has 5 nitrogen and oxygen atoms in total. The molecule has 0 aliphatic heterocycles. The molecule has 0 aliphatic carbocycles. The van der Waals surface area contributed by atoms with Gasteiger partial charge in [-0.05, 0) is 31.5 Å². The van der Waals surface area contributed by atoms with E-state index in [0.717, 1.165) is 28.3 Å². The van der Waals surface area contributed by atoms with Gasteiger partial charge in [0.2, 0.25) is 0 Å². The van der Waals surface area contributed by atoms with Gasteiger partial charge in [0.15, 0.2) is 0 Å². The van der Waals surface area contributed by atoms with Crippen LogP contribution in [0.3, 0.4) is 0 Å². The number of aryl methyl sites for hydroxylation is 2. The van der Waals surface area contributed by atoms with Crippen LogP contribution in [0.25, 0.3) is 16.8 Å². The van der Waals surface area contributed by atoms with Crippen LogP contribution >= 0.6 is 0 Å². The van der Waals surface area contributed by atoms with Crippen molar-refractivity contribution < 1.29 is 4.52 Å². The molecule has 0 amide bonds. The summed E-state index contributed by atoms with van der Waals surface area (Å²) < 4.78 is 6.92. The first-order valence-electron chi connectivity index (χ1n) is 5.64. The summed E-state index contributed by atoms with van der Waals surface area (Å²) in [4.78, 5) is 3.95. The molecule has 3 rings (SSSR count). The molecule has 0 N–H and O–H groups in total. The molecule has 18 heavy (non-hydrogen) atoms. The summed E-state index contributed by atoms with van der Waals surface area (Å²) in [6.07, 6.45) is 3.19. The van der Waals surface area contributed by atoms with Crippen LogP contribution in [0.15, 0.2) is 41.4 Å². The van der Waals surface area contributed by atoms with E-state index in [1.807, 2.05) is 38.1 Å². The standard InChI is InChI=1S/C13H12N4O/c1-9-13(10(2)18-16-9)11-4-3-5-12(6-11)17-8-14-7-15-17/h3-8H,1-2H3. The van der Waals surface area contributed by atoms with Gasteiger partial charge in [-0.1, -0.05) is 17.3 Å². The molecular weight excluding hydrogens is 228 g/mol. The van der Waals surface area contributed by atoms with Crippen LogP contribution in [-0.2, 0) is 0 Å². The minimum Gasteiger partial charge on any atom is -0.361 e. The zero-order valence-electron chi connectivity index (χ0n) is 10.2. The first kappa shape index (κ1) is 10.7. The Bertz CT molecular complexity index is 651. The van der Waals surface area contributed by atoms with E-state index in [1.165, 1.54) is 6.33 Å². The van der Waals surface area contributed by atoms with E-state index in [1.54, 1.807) is 11.0 Å². The number of nitrogens with zero attached hydrogens (tertiary/aromatic N) is 4. The van der Waals surface area contributed by atoms with Gasteiger partial charge in [0.05, 0.1) is 11.4 Å². The molecule has 0 atom stereocenters. The highest BCUT2D eigenvalue weighted by Gasteiger charge is 2.11. The molecular formula is C13H12N4O. The summed E-state index contributed by atoms with van der Waals surface area (Å²) in [6.45, 7) is 3.85. The van der Waals surface area contributed by atoms with Gasteiger partial charge >= 0.3 is 0 Å². The molecule has 0 bridgehead atoms. The molecule has 0 radical (unpaired) electrons. The van der Waals surface area contributed by atoms with Gasteiger partial charge in [0, 0.05) is 5.56 Å². The van der Waals surface area contributed by atoms with E-state index in [0.29, 0.717) is 0 Å². The lowest BCUT2D eigenvalue weighted by atomic mass is 10.0. The van der Waals surface area contributed by atoms with Crippen molar-refractivity contribution in [1.29, 1.82) is 0 Å². The zero-order valence-corrected chi connectivity index (χ0v) is 10.2. The lowest BCUT2D eigenvalue weighted by molar-refractivity contribution is 0.393. The second kappa shape index (κ2) is 4.10. The third-order valence-corrected chi connectivity index (χ3v) is 2.85. The van der Waals surface area contributed by atoms with Crippen LogP contribution in [0.1, 0.15) is 11.5 Å². The van der Waals surface area contributed by atoms with Crippen molar-refractivity contribution in [3.05, 3.63) is 48.4 Å². The van der Waals surface area contributed by atoms with E-state index < -0.39 is 0 Å². The molecule has 0 fully saturated rings. The second-order valence-corrected chi connectivity index (χ2v) is 4.09. The smallest absolute Gasteiger partial charge is 0.141 e. The predicted octanol–water partition coefficient (Wildman–Crippen LogP) is 2.54. The monoisotopic (exact) mass is 240 g/mol. The topological polar surface area (TPSA) is 56.7 Å². The molecule has 2 heterocycles. The Morgan fingerprint density at radius 2 is 2.11 bits per heavy atom. The second-order valence-electron chi connectivity index (χ2n) is 4.09. The Morgan fingerprint density at radius 1 is 1.22 bits per heavy atom. The van der Waals surface area contributed by atoms with Crippen molar-refractivity contribution in [2.75, 3.05) is 0 Å². The fourth-order valence-electron chi connectivity index (χ4n) is 2.04. The Morgan fingerprint density at radius 3 is 2.78 bits per heavy atom. The van der Waals surface area contributed by atoms with E-state index >= 15 is 0 Å². The largest absolute Gasteiger partial charge is 0.361 e. The van der Waals surface area contributed by atoms with Gasteiger partial charge in [0.1, 0.15) is 18.4 Å². The molecule has 0 unspecified atom stereocenters. The van der Waals surface area contributed by atoms with E-state index in [4.69, 9.17) is 4.52 Å². The highest BCUT2D eigenvalue weighted by molar-refractivity contribution is 5.69. The average Bonchev–Trinajstić information content (AvgIpc) is 3.00. The lowest BCUT2D eigenvalue weighted by Crippen LogP contribution is -1.94. The SMILES string of the molecule is Cc1noc(C)c1-c1cccc(-n2cncn2)c1. The Balaban J connectivity index is 2.12. The van der Waals surface area contributed by atoms with E-state index in [-0.39, 0.29) is 0 Å². The Kier molecular flexibility index (Phi) is 2.44. The predicted molar refractivity (Wildman–Crippen MR) is 66.3 cm³/mol. The molecule has 2 aromatic heterocycles. The minimum atomic E-state index is 0.822. The van der Waals surface area contributed by atoms with Gasteiger partial charge in [-0.15, -0.1) is 0 Å². The van der Waals surface area contributed by atoms with Crippen molar-refractivity contribution in [3.8, 4) is 16.8 Å². The number of rotatable bonds is 2. The van der Waals surface area contributed by atoms with Crippen LogP contribution in [-0.4, -0.2) is 19.9 Å². The summed E-state index contributed by atoms with van der Waals surface area (Å²) in [5.41, 5.74) is 3.96. The number of benzene rings is 1. The highest BCUT2D eigenvalue weighted by Crippen LogP contribution is 2.27. The molecule has 1 aromatic carbocycles. The molecule has 0 spiro atoms. The molecule has 0 saturated heterocycles. The fraction of sp³-hybridized carbons (Fsp3) is 0.154. The van der Waals surface area contributed by atoms with Crippen LogP contribution in [0.4, 0.5) is 0 Å². The van der Waals surface area contributed by atoms with Crippen molar-refractivity contribution in [1.82, 2.24) is 19.9 Å². The summed E-state index contributed by atoms with van der Waals surface area (Å²) in [5, 5.41) is 8.10. The third-order valence-electron chi connectivity index (χ3n) is 2.85. The maximum Gasteiger partial charge on any atom is 0.141 e. The molecule has 0 saturated carbocycles. The van der Waals surface area contributed by atoms with Crippen LogP contribution in [0, 0.1) is 13.8 Å². The summed E-state index contributed by atoms with van der Waals surface area (Å²) >= 11 is 0. The van der Waals surface area contributed by atoms with Crippen molar-refractivity contribution >= 4 is 0 Å². The van der Waals surface area contributed by atoms with Gasteiger partial charge < -0.3 is 4.52 Å². The van der Waals surface area contributed by atoms with Gasteiger partial charge in [-0.25, -0.2) is 9.67 Å². The number of aromatic nitrogens is 4. The summed E-state index contributed by atoms with van der Waals surface area (Å²) in [5.74, 6) is 0.822. The van der Waals surface area contributed by atoms with Crippen LogP contribution < -0.4 is 0 Å². The van der Waals surface area contributed by atoms with Crippen molar-refractivity contribution in [2.24, 2.45) is 0 Å². The Hall–Kier alpha value is -2.43. The molecule has 3 aromatic rings. The first-order valence-corrected chi connectivity index (χ1v) is 5.64. The number of hydrogen-bond acceptors (Lipinski definition) is 4. The van der Waals surface area contributed by atoms with E-state index in [9.17, 15) is 0 Å². The van der Waals surface area contributed by atoms with E-state index in [2.05, 4.69) is 15.2 Å². The quantitative estimate of drug-likeness (QED) is 0.690. The average molecular weight is 240 g/mol. The molecule has 90 valence electrons. The van der Waals surface area contributed by atoms with Crippen molar-refractivity contribution in [3.63, 3.8) is 0 Å². The van der Waals surface area contributed by atoms with Crippen LogP contribution in [0.5, 0.6) is 0 Å². The van der Waals surface area contributed by atoms with Gasteiger partial charge in [-0.2, -0.15) is 5.10 Å².